The highest BCUT2D eigenvalue weighted by atomic mass is 32.2. The van der Waals surface area contributed by atoms with Gasteiger partial charge in [0.1, 0.15) is 11.5 Å². The van der Waals surface area contributed by atoms with Crippen LogP contribution in [-0.4, -0.2) is 17.3 Å². The number of aryl methyl sites for hydroxylation is 1. The molecule has 110 valence electrons. The second-order valence-electron chi connectivity index (χ2n) is 4.87. The normalized spacial score (nSPS) is 10.4. The predicted octanol–water partition coefficient (Wildman–Crippen LogP) is 5.11. The van der Waals surface area contributed by atoms with Gasteiger partial charge in [-0.15, -0.1) is 0 Å². The molecule has 0 aliphatic rings. The summed E-state index contributed by atoms with van der Waals surface area (Å²) in [7, 11) is 0. The Balaban J connectivity index is 2.05. The first-order chi connectivity index (χ1) is 10.2. The smallest absolute Gasteiger partial charge is 0.172 e. The zero-order valence-electron chi connectivity index (χ0n) is 12.5. The minimum atomic E-state index is 0.192. The molecule has 0 aliphatic carbocycles. The van der Waals surface area contributed by atoms with Gasteiger partial charge in [-0.25, -0.2) is 0 Å². The molecule has 0 aromatic heterocycles. The zero-order valence-corrected chi connectivity index (χ0v) is 13.3. The van der Waals surface area contributed by atoms with E-state index in [4.69, 9.17) is 4.74 Å². The summed E-state index contributed by atoms with van der Waals surface area (Å²) in [5, 5.41) is 0. The summed E-state index contributed by atoms with van der Waals surface area (Å²) in [5.41, 5.74) is 1.75. The number of benzene rings is 2. The molecule has 21 heavy (non-hydrogen) atoms. The lowest BCUT2D eigenvalue weighted by Gasteiger charge is -2.09. The largest absolute Gasteiger partial charge is 0.457 e. The molecule has 0 unspecified atom stereocenters. The molecule has 0 saturated heterocycles. The number of ketones is 1. The van der Waals surface area contributed by atoms with Crippen LogP contribution in [0.15, 0.2) is 48.5 Å². The molecule has 0 atom stereocenters. The van der Waals surface area contributed by atoms with Gasteiger partial charge in [0.05, 0.1) is 5.75 Å². The predicted molar refractivity (Wildman–Crippen MR) is 89.6 cm³/mol. The van der Waals surface area contributed by atoms with Gasteiger partial charge in [0.2, 0.25) is 0 Å². The van der Waals surface area contributed by atoms with E-state index in [0.717, 1.165) is 34.8 Å². The van der Waals surface area contributed by atoms with Gasteiger partial charge in [-0.05, 0) is 55.0 Å². The van der Waals surface area contributed by atoms with Crippen LogP contribution in [0.3, 0.4) is 0 Å². The van der Waals surface area contributed by atoms with Crippen molar-refractivity contribution in [1.82, 2.24) is 0 Å². The average molecular weight is 300 g/mol. The van der Waals surface area contributed by atoms with Crippen molar-refractivity contribution in [1.29, 1.82) is 0 Å². The van der Waals surface area contributed by atoms with Crippen LogP contribution in [-0.2, 0) is 0 Å². The molecule has 0 N–H and O–H groups in total. The van der Waals surface area contributed by atoms with Crippen molar-refractivity contribution in [3.05, 3.63) is 59.7 Å². The molecule has 0 amide bonds. The molecule has 0 aliphatic heterocycles. The maximum absolute atomic E-state index is 12.1. The van der Waals surface area contributed by atoms with E-state index in [0.29, 0.717) is 5.75 Å². The Bertz CT molecular complexity index is 593. The second kappa shape index (κ2) is 7.89. The standard InChI is InChI=1S/C18H20O2S/c1-3-11-21-13-18(19)17-10-9-16(12-14(17)2)20-15-7-5-4-6-8-15/h4-10,12H,3,11,13H2,1-2H3. The van der Waals surface area contributed by atoms with E-state index in [2.05, 4.69) is 6.92 Å². The van der Waals surface area contributed by atoms with Crippen molar-refractivity contribution < 1.29 is 9.53 Å². The van der Waals surface area contributed by atoms with E-state index >= 15 is 0 Å². The number of Topliss-reactive ketones (excluding diaryl/α,β-unsaturated/α-hetero) is 1. The van der Waals surface area contributed by atoms with Crippen molar-refractivity contribution >= 4 is 17.5 Å². The van der Waals surface area contributed by atoms with Gasteiger partial charge < -0.3 is 4.74 Å². The molecule has 0 heterocycles. The molecule has 0 spiro atoms. The molecule has 0 radical (unpaired) electrons. The van der Waals surface area contributed by atoms with E-state index < -0.39 is 0 Å². The molecule has 0 saturated carbocycles. The van der Waals surface area contributed by atoms with Gasteiger partial charge in [-0.3, -0.25) is 4.79 Å². The molecule has 3 heteroatoms. The van der Waals surface area contributed by atoms with E-state index in [1.165, 1.54) is 0 Å². The quantitative estimate of drug-likeness (QED) is 0.525. The zero-order chi connectivity index (χ0) is 15.1. The highest BCUT2D eigenvalue weighted by molar-refractivity contribution is 7.99. The van der Waals surface area contributed by atoms with Gasteiger partial charge in [0, 0.05) is 5.56 Å². The molecule has 2 rings (SSSR count). The molecular formula is C18H20O2S. The first-order valence-corrected chi connectivity index (χ1v) is 8.30. The lowest BCUT2D eigenvalue weighted by molar-refractivity contribution is 0.102. The lowest BCUT2D eigenvalue weighted by Crippen LogP contribution is -2.05. The summed E-state index contributed by atoms with van der Waals surface area (Å²) in [6.07, 6.45) is 1.10. The summed E-state index contributed by atoms with van der Waals surface area (Å²) in [6.45, 7) is 4.08. The van der Waals surface area contributed by atoms with Gasteiger partial charge >= 0.3 is 0 Å². The summed E-state index contributed by atoms with van der Waals surface area (Å²) in [4.78, 5) is 12.1. The Morgan fingerprint density at radius 1 is 1.10 bits per heavy atom. The molecular weight excluding hydrogens is 280 g/mol. The Morgan fingerprint density at radius 2 is 1.86 bits per heavy atom. The van der Waals surface area contributed by atoms with Crippen LogP contribution in [0.4, 0.5) is 0 Å². The second-order valence-corrected chi connectivity index (χ2v) is 5.97. The molecule has 2 nitrogen and oxygen atoms in total. The number of hydrogen-bond acceptors (Lipinski definition) is 3. The third-order valence-electron chi connectivity index (χ3n) is 3.06. The van der Waals surface area contributed by atoms with Crippen molar-refractivity contribution in [3.8, 4) is 11.5 Å². The molecule has 2 aromatic rings. The van der Waals surface area contributed by atoms with Gasteiger partial charge in [-0.1, -0.05) is 25.1 Å². The summed E-state index contributed by atoms with van der Waals surface area (Å²) >= 11 is 1.69. The van der Waals surface area contributed by atoms with E-state index in [1.807, 2.05) is 55.5 Å². The van der Waals surface area contributed by atoms with Crippen molar-refractivity contribution in [2.75, 3.05) is 11.5 Å². The number of rotatable bonds is 7. The van der Waals surface area contributed by atoms with Crippen LogP contribution in [0.1, 0.15) is 29.3 Å². The topological polar surface area (TPSA) is 26.3 Å². The summed E-state index contributed by atoms with van der Waals surface area (Å²) in [5.74, 6) is 3.33. The van der Waals surface area contributed by atoms with Crippen LogP contribution in [0, 0.1) is 6.92 Å². The maximum atomic E-state index is 12.1. The monoisotopic (exact) mass is 300 g/mol. The average Bonchev–Trinajstić information content (AvgIpc) is 2.48. The van der Waals surface area contributed by atoms with Crippen LogP contribution < -0.4 is 4.74 Å². The fourth-order valence-electron chi connectivity index (χ4n) is 2.02. The number of para-hydroxylation sites is 1. The Hall–Kier alpha value is -1.74. The van der Waals surface area contributed by atoms with Crippen molar-refractivity contribution in [3.63, 3.8) is 0 Å². The highest BCUT2D eigenvalue weighted by Gasteiger charge is 2.10. The van der Waals surface area contributed by atoms with Crippen molar-refractivity contribution in [2.24, 2.45) is 0 Å². The number of thioether (sulfide) groups is 1. The third kappa shape index (κ3) is 4.64. The van der Waals surface area contributed by atoms with Crippen LogP contribution in [0.25, 0.3) is 0 Å². The first-order valence-electron chi connectivity index (χ1n) is 7.15. The van der Waals surface area contributed by atoms with Crippen LogP contribution in [0.2, 0.25) is 0 Å². The summed E-state index contributed by atoms with van der Waals surface area (Å²) < 4.78 is 5.78. The Kier molecular flexibility index (Phi) is 5.88. The summed E-state index contributed by atoms with van der Waals surface area (Å²) in [6, 6.07) is 15.3. The minimum Gasteiger partial charge on any atom is -0.457 e. The number of hydrogen-bond donors (Lipinski definition) is 0. The van der Waals surface area contributed by atoms with Crippen LogP contribution >= 0.6 is 11.8 Å². The van der Waals surface area contributed by atoms with Gasteiger partial charge in [0.15, 0.2) is 5.78 Å². The van der Waals surface area contributed by atoms with Crippen LogP contribution in [0.5, 0.6) is 11.5 Å². The lowest BCUT2D eigenvalue weighted by atomic mass is 10.1. The molecule has 0 fully saturated rings. The number of ether oxygens (including phenoxy) is 1. The fraction of sp³-hybridized carbons (Fsp3) is 0.278. The first kappa shape index (κ1) is 15.6. The SMILES string of the molecule is CCCSCC(=O)c1ccc(Oc2ccccc2)cc1C. The fourth-order valence-corrected chi connectivity index (χ4v) is 2.80. The van der Waals surface area contributed by atoms with Gasteiger partial charge in [-0.2, -0.15) is 11.8 Å². The Labute approximate surface area is 130 Å². The Morgan fingerprint density at radius 3 is 2.52 bits per heavy atom. The van der Waals surface area contributed by atoms with E-state index in [1.54, 1.807) is 11.8 Å². The van der Waals surface area contributed by atoms with E-state index in [9.17, 15) is 4.79 Å². The maximum Gasteiger partial charge on any atom is 0.172 e. The molecule has 2 aromatic carbocycles. The molecule has 0 bridgehead atoms. The van der Waals surface area contributed by atoms with Gasteiger partial charge in [0.25, 0.3) is 0 Å². The minimum absolute atomic E-state index is 0.192. The van der Waals surface area contributed by atoms with Crippen molar-refractivity contribution in [2.45, 2.75) is 20.3 Å². The third-order valence-corrected chi connectivity index (χ3v) is 4.22. The highest BCUT2D eigenvalue weighted by Crippen LogP contribution is 2.24. The van der Waals surface area contributed by atoms with E-state index in [-0.39, 0.29) is 5.78 Å². The number of carbonyl (C=O) groups is 1. The number of carbonyl (C=O) groups excluding carboxylic acids is 1.